The van der Waals surface area contributed by atoms with Gasteiger partial charge in [0, 0.05) is 6.42 Å². The first kappa shape index (κ1) is 9.83. The SMILES string of the molecule is O=[SH](=O)OCCC(O)CO. The molecule has 0 aromatic rings. The molecule has 0 saturated carbocycles. The van der Waals surface area contributed by atoms with Gasteiger partial charge in [-0.1, -0.05) is 0 Å². The molecule has 0 spiro atoms. The number of rotatable bonds is 5. The molecule has 0 aliphatic heterocycles. The summed E-state index contributed by atoms with van der Waals surface area (Å²) in [6.45, 7) is -0.459. The molecule has 0 amide bonds. The summed E-state index contributed by atoms with van der Waals surface area (Å²) in [5.41, 5.74) is 0. The normalized spacial score (nSPS) is 13.9. The first-order valence-corrected chi connectivity index (χ1v) is 3.82. The lowest BCUT2D eigenvalue weighted by Crippen LogP contribution is -2.14. The fraction of sp³-hybridized carbons (Fsp3) is 1.00. The maximum Gasteiger partial charge on any atom is 0.257 e. The summed E-state index contributed by atoms with van der Waals surface area (Å²) in [5.74, 6) is 0. The van der Waals surface area contributed by atoms with Crippen molar-refractivity contribution in [1.29, 1.82) is 0 Å². The van der Waals surface area contributed by atoms with Crippen molar-refractivity contribution in [2.75, 3.05) is 13.2 Å². The van der Waals surface area contributed by atoms with Crippen LogP contribution in [0.4, 0.5) is 0 Å². The van der Waals surface area contributed by atoms with E-state index in [1.165, 1.54) is 0 Å². The molecule has 0 bridgehead atoms. The van der Waals surface area contributed by atoms with E-state index < -0.39 is 17.1 Å². The van der Waals surface area contributed by atoms with Crippen LogP contribution >= 0.6 is 0 Å². The van der Waals surface area contributed by atoms with E-state index in [9.17, 15) is 8.42 Å². The average molecular weight is 170 g/mol. The van der Waals surface area contributed by atoms with E-state index in [-0.39, 0.29) is 19.6 Å². The highest BCUT2D eigenvalue weighted by molar-refractivity contribution is 7.67. The second kappa shape index (κ2) is 5.60. The lowest BCUT2D eigenvalue weighted by atomic mass is 10.3. The molecule has 5 nitrogen and oxygen atoms in total. The van der Waals surface area contributed by atoms with Gasteiger partial charge in [0.2, 0.25) is 0 Å². The first-order valence-electron chi connectivity index (χ1n) is 2.73. The van der Waals surface area contributed by atoms with Crippen molar-refractivity contribution in [3.05, 3.63) is 0 Å². The Bertz CT molecular complexity index is 135. The highest BCUT2D eigenvalue weighted by atomic mass is 32.2. The highest BCUT2D eigenvalue weighted by Crippen LogP contribution is 1.89. The molecule has 10 heavy (non-hydrogen) atoms. The van der Waals surface area contributed by atoms with Crippen molar-refractivity contribution >= 4 is 11.0 Å². The van der Waals surface area contributed by atoms with Crippen molar-refractivity contribution < 1.29 is 22.8 Å². The molecule has 2 N–H and O–H groups in total. The predicted molar refractivity (Wildman–Crippen MR) is 34.0 cm³/mol. The smallest absolute Gasteiger partial charge is 0.257 e. The third-order valence-corrected chi connectivity index (χ3v) is 1.25. The molecular weight excluding hydrogens is 160 g/mol. The summed E-state index contributed by atoms with van der Waals surface area (Å²) >= 11 is 0. The zero-order valence-electron chi connectivity index (χ0n) is 5.27. The molecule has 0 aromatic carbocycles. The fourth-order valence-corrected chi connectivity index (χ4v) is 0.609. The summed E-state index contributed by atoms with van der Waals surface area (Å²) < 4.78 is 23.6. The number of hydrogen-bond donors (Lipinski definition) is 3. The molecule has 0 aromatic heterocycles. The van der Waals surface area contributed by atoms with Gasteiger partial charge in [-0.15, -0.1) is 0 Å². The molecule has 0 fully saturated rings. The van der Waals surface area contributed by atoms with Gasteiger partial charge in [-0.3, -0.25) is 4.18 Å². The van der Waals surface area contributed by atoms with E-state index in [2.05, 4.69) is 4.18 Å². The van der Waals surface area contributed by atoms with Crippen LogP contribution in [0.3, 0.4) is 0 Å². The minimum Gasteiger partial charge on any atom is -0.394 e. The topological polar surface area (TPSA) is 83.8 Å². The molecule has 0 heterocycles. The standard InChI is InChI=1S/C4H10O5S/c5-3-4(6)1-2-9-10(7)8/h4-6,10H,1-3H2. The Morgan fingerprint density at radius 2 is 2.10 bits per heavy atom. The van der Waals surface area contributed by atoms with Gasteiger partial charge >= 0.3 is 0 Å². The molecule has 1 atom stereocenters. The third-order valence-electron chi connectivity index (χ3n) is 0.859. The van der Waals surface area contributed by atoms with Crippen LogP contribution in [0.1, 0.15) is 6.42 Å². The van der Waals surface area contributed by atoms with Gasteiger partial charge in [0.15, 0.2) is 0 Å². The first-order chi connectivity index (χ1) is 4.66. The lowest BCUT2D eigenvalue weighted by Gasteiger charge is -2.02. The minimum atomic E-state index is -2.83. The van der Waals surface area contributed by atoms with Crippen molar-refractivity contribution in [1.82, 2.24) is 0 Å². The Morgan fingerprint density at radius 3 is 2.50 bits per heavy atom. The minimum absolute atomic E-state index is 0.0829. The molecule has 0 aliphatic rings. The number of aliphatic hydroxyl groups is 2. The van der Waals surface area contributed by atoms with Crippen LogP contribution < -0.4 is 0 Å². The van der Waals surface area contributed by atoms with Gasteiger partial charge in [-0.2, -0.15) is 0 Å². The molecule has 0 saturated heterocycles. The summed E-state index contributed by atoms with van der Waals surface area (Å²) in [5, 5.41) is 16.9. The second-order valence-electron chi connectivity index (χ2n) is 1.68. The number of hydrogen-bond acceptors (Lipinski definition) is 5. The van der Waals surface area contributed by atoms with Crippen LogP contribution in [-0.2, 0) is 15.2 Å². The van der Waals surface area contributed by atoms with Crippen LogP contribution in [0.15, 0.2) is 0 Å². The van der Waals surface area contributed by atoms with Crippen molar-refractivity contribution in [3.8, 4) is 0 Å². The molecule has 0 aliphatic carbocycles. The van der Waals surface area contributed by atoms with E-state index in [0.717, 1.165) is 0 Å². The molecule has 0 radical (unpaired) electrons. The van der Waals surface area contributed by atoms with E-state index >= 15 is 0 Å². The monoisotopic (exact) mass is 170 g/mol. The Kier molecular flexibility index (Phi) is 5.51. The van der Waals surface area contributed by atoms with Crippen LogP contribution in [0.5, 0.6) is 0 Å². The summed E-state index contributed by atoms with van der Waals surface area (Å²) in [6, 6.07) is 0. The predicted octanol–water partition coefficient (Wildman–Crippen LogP) is -1.73. The van der Waals surface area contributed by atoms with E-state index in [4.69, 9.17) is 10.2 Å². The fourth-order valence-electron chi connectivity index (χ4n) is 0.355. The summed E-state index contributed by atoms with van der Waals surface area (Å²) in [6.07, 6.45) is -0.769. The van der Waals surface area contributed by atoms with Gasteiger partial charge in [0.25, 0.3) is 11.0 Å². The Labute approximate surface area is 60.4 Å². The van der Waals surface area contributed by atoms with E-state index in [0.29, 0.717) is 0 Å². The van der Waals surface area contributed by atoms with Gasteiger partial charge < -0.3 is 10.2 Å². The van der Waals surface area contributed by atoms with Crippen LogP contribution in [0, 0.1) is 0 Å². The van der Waals surface area contributed by atoms with E-state index in [1.807, 2.05) is 0 Å². The maximum atomic E-state index is 9.74. The molecule has 62 valence electrons. The zero-order valence-corrected chi connectivity index (χ0v) is 6.16. The Morgan fingerprint density at radius 1 is 1.50 bits per heavy atom. The van der Waals surface area contributed by atoms with E-state index in [1.54, 1.807) is 0 Å². The number of thiol groups is 1. The van der Waals surface area contributed by atoms with Crippen LogP contribution in [0.2, 0.25) is 0 Å². The van der Waals surface area contributed by atoms with Gasteiger partial charge in [0.05, 0.1) is 19.3 Å². The van der Waals surface area contributed by atoms with Crippen molar-refractivity contribution in [2.45, 2.75) is 12.5 Å². The van der Waals surface area contributed by atoms with Crippen LogP contribution in [-0.4, -0.2) is 37.9 Å². The number of aliphatic hydroxyl groups excluding tert-OH is 2. The van der Waals surface area contributed by atoms with Crippen LogP contribution in [0.25, 0.3) is 0 Å². The highest BCUT2D eigenvalue weighted by Gasteiger charge is 2.00. The second-order valence-corrected chi connectivity index (χ2v) is 2.39. The molecule has 0 rings (SSSR count). The lowest BCUT2D eigenvalue weighted by molar-refractivity contribution is 0.0768. The molecule has 6 heteroatoms. The Balaban J connectivity index is 3.19. The molecular formula is C4H10O5S. The largest absolute Gasteiger partial charge is 0.394 e. The quantitative estimate of drug-likeness (QED) is 0.427. The Hall–Kier alpha value is -0.170. The van der Waals surface area contributed by atoms with Crippen molar-refractivity contribution in [3.63, 3.8) is 0 Å². The average Bonchev–Trinajstić information content (AvgIpc) is 1.87. The zero-order chi connectivity index (χ0) is 7.98. The van der Waals surface area contributed by atoms with Gasteiger partial charge in [0.1, 0.15) is 0 Å². The summed E-state index contributed by atoms with van der Waals surface area (Å²) in [4.78, 5) is 0. The maximum absolute atomic E-state index is 9.74. The van der Waals surface area contributed by atoms with Gasteiger partial charge in [-0.05, 0) is 0 Å². The van der Waals surface area contributed by atoms with Gasteiger partial charge in [-0.25, -0.2) is 8.42 Å². The van der Waals surface area contributed by atoms with Crippen molar-refractivity contribution in [2.24, 2.45) is 0 Å². The molecule has 1 unspecified atom stereocenters. The summed E-state index contributed by atoms with van der Waals surface area (Å²) in [7, 11) is -2.83. The third kappa shape index (κ3) is 5.96.